The first-order valence-corrected chi connectivity index (χ1v) is 7.14. The lowest BCUT2D eigenvalue weighted by Crippen LogP contribution is -2.21. The highest BCUT2D eigenvalue weighted by molar-refractivity contribution is 5.41. The van der Waals surface area contributed by atoms with Gasteiger partial charge in [-0.1, -0.05) is 33.1 Å². The summed E-state index contributed by atoms with van der Waals surface area (Å²) in [5, 5.41) is 3.47. The molecule has 1 unspecified atom stereocenters. The van der Waals surface area contributed by atoms with Gasteiger partial charge in [-0.25, -0.2) is 0 Å². The van der Waals surface area contributed by atoms with Crippen molar-refractivity contribution >= 4 is 5.69 Å². The molecule has 0 aliphatic rings. The summed E-state index contributed by atoms with van der Waals surface area (Å²) in [4.78, 5) is 11.6. The molecule has 1 atom stereocenters. The van der Waals surface area contributed by atoms with Gasteiger partial charge in [0.25, 0.3) is 5.56 Å². The number of aromatic nitrogens is 1. The molecule has 0 aromatic carbocycles. The predicted molar refractivity (Wildman–Crippen MR) is 78.2 cm³/mol. The first kappa shape index (κ1) is 14.8. The van der Waals surface area contributed by atoms with Crippen molar-refractivity contribution in [1.82, 2.24) is 4.57 Å². The molecule has 1 N–H and O–H groups in total. The second-order valence-corrected chi connectivity index (χ2v) is 4.99. The van der Waals surface area contributed by atoms with Gasteiger partial charge in [0.15, 0.2) is 0 Å². The largest absolute Gasteiger partial charge is 0.381 e. The Bertz CT molecular complexity index is 398. The minimum Gasteiger partial charge on any atom is -0.381 e. The van der Waals surface area contributed by atoms with E-state index in [1.807, 2.05) is 12.3 Å². The molecule has 0 spiro atoms. The number of pyridine rings is 1. The normalized spacial score (nSPS) is 12.4. The molecular formula is C15H26N2O. The zero-order valence-corrected chi connectivity index (χ0v) is 11.9. The van der Waals surface area contributed by atoms with Gasteiger partial charge in [-0.15, -0.1) is 0 Å². The van der Waals surface area contributed by atoms with E-state index in [2.05, 4.69) is 26.1 Å². The first-order chi connectivity index (χ1) is 8.67. The molecule has 0 fully saturated rings. The summed E-state index contributed by atoms with van der Waals surface area (Å²) in [5.74, 6) is 0. The van der Waals surface area contributed by atoms with Gasteiger partial charge in [-0.2, -0.15) is 0 Å². The van der Waals surface area contributed by atoms with Crippen molar-refractivity contribution in [3.05, 3.63) is 28.7 Å². The monoisotopic (exact) mass is 250 g/mol. The lowest BCUT2D eigenvalue weighted by Gasteiger charge is -2.16. The fraction of sp³-hybridized carbons (Fsp3) is 0.667. The highest BCUT2D eigenvalue weighted by Crippen LogP contribution is 2.10. The smallest absolute Gasteiger partial charge is 0.250 e. The number of aryl methyl sites for hydroxylation is 1. The average Bonchev–Trinajstić information content (AvgIpc) is 2.34. The lowest BCUT2D eigenvalue weighted by molar-refractivity contribution is 0.612. The van der Waals surface area contributed by atoms with Crippen molar-refractivity contribution in [2.45, 2.75) is 65.5 Å². The molecule has 0 aliphatic heterocycles. The van der Waals surface area contributed by atoms with Crippen LogP contribution in [-0.4, -0.2) is 10.6 Å². The molecule has 1 aromatic rings. The van der Waals surface area contributed by atoms with Crippen molar-refractivity contribution in [2.24, 2.45) is 0 Å². The van der Waals surface area contributed by atoms with Crippen LogP contribution in [0.2, 0.25) is 0 Å². The molecule has 0 saturated carbocycles. The Labute approximate surface area is 110 Å². The molecule has 1 rings (SSSR count). The molecule has 3 nitrogen and oxygen atoms in total. The van der Waals surface area contributed by atoms with Crippen LogP contribution >= 0.6 is 0 Å². The number of anilines is 1. The Morgan fingerprint density at radius 1 is 1.22 bits per heavy atom. The van der Waals surface area contributed by atoms with Crippen LogP contribution in [0, 0.1) is 0 Å². The Hall–Kier alpha value is -1.25. The first-order valence-electron chi connectivity index (χ1n) is 7.14. The summed E-state index contributed by atoms with van der Waals surface area (Å²) in [6.45, 7) is 7.29. The van der Waals surface area contributed by atoms with Crippen LogP contribution in [-0.2, 0) is 6.54 Å². The van der Waals surface area contributed by atoms with E-state index in [-0.39, 0.29) is 5.56 Å². The lowest BCUT2D eigenvalue weighted by atomic mass is 10.1. The minimum atomic E-state index is 0.0843. The third-order valence-electron chi connectivity index (χ3n) is 3.10. The molecule has 0 amide bonds. The third-order valence-corrected chi connectivity index (χ3v) is 3.10. The van der Waals surface area contributed by atoms with Gasteiger partial charge in [-0.05, 0) is 25.8 Å². The van der Waals surface area contributed by atoms with Gasteiger partial charge in [-0.3, -0.25) is 4.79 Å². The van der Waals surface area contributed by atoms with E-state index in [9.17, 15) is 4.79 Å². The Morgan fingerprint density at radius 3 is 2.67 bits per heavy atom. The molecule has 0 radical (unpaired) electrons. The van der Waals surface area contributed by atoms with Crippen molar-refractivity contribution in [1.29, 1.82) is 0 Å². The van der Waals surface area contributed by atoms with Crippen LogP contribution in [0.3, 0.4) is 0 Å². The van der Waals surface area contributed by atoms with Crippen molar-refractivity contribution < 1.29 is 0 Å². The maximum absolute atomic E-state index is 11.6. The zero-order chi connectivity index (χ0) is 13.4. The topological polar surface area (TPSA) is 34.0 Å². The Morgan fingerprint density at radius 2 is 2.00 bits per heavy atom. The van der Waals surface area contributed by atoms with E-state index < -0.39 is 0 Å². The third kappa shape index (κ3) is 4.94. The molecule has 3 heteroatoms. The predicted octanol–water partition coefficient (Wildman–Crippen LogP) is 3.64. The summed E-state index contributed by atoms with van der Waals surface area (Å²) in [6, 6.07) is 3.99. The van der Waals surface area contributed by atoms with Crippen LogP contribution in [0.5, 0.6) is 0 Å². The van der Waals surface area contributed by atoms with Crippen LogP contribution < -0.4 is 10.9 Å². The Kier molecular flexibility index (Phi) is 6.55. The molecule has 0 bridgehead atoms. The molecular weight excluding hydrogens is 224 g/mol. The van der Waals surface area contributed by atoms with Crippen molar-refractivity contribution in [2.75, 3.05) is 5.32 Å². The Balaban J connectivity index is 2.56. The minimum absolute atomic E-state index is 0.0843. The summed E-state index contributed by atoms with van der Waals surface area (Å²) >= 11 is 0. The van der Waals surface area contributed by atoms with Gasteiger partial charge in [0.05, 0.1) is 5.69 Å². The highest BCUT2D eigenvalue weighted by atomic mass is 16.1. The van der Waals surface area contributed by atoms with Gasteiger partial charge in [0, 0.05) is 24.8 Å². The van der Waals surface area contributed by atoms with Crippen LogP contribution in [0.15, 0.2) is 23.1 Å². The van der Waals surface area contributed by atoms with Crippen LogP contribution in [0.1, 0.15) is 52.9 Å². The number of hydrogen-bond acceptors (Lipinski definition) is 2. The second-order valence-electron chi connectivity index (χ2n) is 4.99. The highest BCUT2D eigenvalue weighted by Gasteiger charge is 2.03. The molecule has 1 aromatic heterocycles. The van der Waals surface area contributed by atoms with E-state index >= 15 is 0 Å². The molecule has 102 valence electrons. The van der Waals surface area contributed by atoms with Crippen molar-refractivity contribution in [3.8, 4) is 0 Å². The van der Waals surface area contributed by atoms with Crippen molar-refractivity contribution in [3.63, 3.8) is 0 Å². The fourth-order valence-corrected chi connectivity index (χ4v) is 2.09. The quantitative estimate of drug-likeness (QED) is 0.715. The zero-order valence-electron chi connectivity index (χ0n) is 11.9. The van der Waals surface area contributed by atoms with E-state index in [1.165, 1.54) is 25.7 Å². The molecule has 18 heavy (non-hydrogen) atoms. The van der Waals surface area contributed by atoms with E-state index in [4.69, 9.17) is 0 Å². The SMILES string of the molecule is CCCCCC(C)Nc1ccc(=O)n(CCC)c1. The number of nitrogens with one attached hydrogen (secondary N) is 1. The molecule has 1 heterocycles. The maximum atomic E-state index is 11.6. The average molecular weight is 250 g/mol. The number of unbranched alkanes of at least 4 members (excludes halogenated alkanes) is 2. The summed E-state index contributed by atoms with van der Waals surface area (Å²) in [7, 11) is 0. The summed E-state index contributed by atoms with van der Waals surface area (Å²) in [6.07, 6.45) is 7.91. The number of hydrogen-bond donors (Lipinski definition) is 1. The summed E-state index contributed by atoms with van der Waals surface area (Å²) in [5.41, 5.74) is 1.13. The van der Waals surface area contributed by atoms with Gasteiger partial charge < -0.3 is 9.88 Å². The second kappa shape index (κ2) is 7.96. The summed E-state index contributed by atoms with van der Waals surface area (Å²) < 4.78 is 1.78. The molecule has 0 saturated heterocycles. The van der Waals surface area contributed by atoms with Crippen LogP contribution in [0.25, 0.3) is 0 Å². The van der Waals surface area contributed by atoms with E-state index in [0.29, 0.717) is 6.04 Å². The van der Waals surface area contributed by atoms with E-state index in [0.717, 1.165) is 18.7 Å². The van der Waals surface area contributed by atoms with Gasteiger partial charge in [0.2, 0.25) is 0 Å². The standard InChI is InChI=1S/C15H26N2O/c1-4-6-7-8-13(3)16-14-9-10-15(18)17(12-14)11-5-2/h9-10,12-13,16H,4-8,11H2,1-3H3. The number of rotatable bonds is 8. The van der Waals surface area contributed by atoms with Crippen LogP contribution in [0.4, 0.5) is 5.69 Å². The van der Waals surface area contributed by atoms with Gasteiger partial charge >= 0.3 is 0 Å². The fourth-order valence-electron chi connectivity index (χ4n) is 2.09. The number of nitrogens with zero attached hydrogens (tertiary/aromatic N) is 1. The maximum Gasteiger partial charge on any atom is 0.250 e. The molecule has 0 aliphatic carbocycles. The van der Waals surface area contributed by atoms with E-state index in [1.54, 1.807) is 10.6 Å². The van der Waals surface area contributed by atoms with Gasteiger partial charge in [0.1, 0.15) is 0 Å².